The first-order valence-corrected chi connectivity index (χ1v) is 12.2. The third-order valence-corrected chi connectivity index (χ3v) is 3.76. The fourth-order valence-electron chi connectivity index (χ4n) is 2.71. The summed E-state index contributed by atoms with van der Waals surface area (Å²) in [6.45, 7) is 10.4. The SMILES string of the molecule is CC1=Cc2ccccc2C1C[C-](C)C.[CH2-]c1ccccc1.[Cl][Ti][Cl].[NH2-]. The van der Waals surface area contributed by atoms with Crippen LogP contribution in [0.15, 0.2) is 60.2 Å². The van der Waals surface area contributed by atoms with E-state index in [0.717, 1.165) is 5.56 Å². The number of rotatable bonds is 2. The first-order chi connectivity index (χ1) is 11.5. The van der Waals surface area contributed by atoms with Crippen LogP contribution in [0.4, 0.5) is 0 Å². The van der Waals surface area contributed by atoms with Gasteiger partial charge in [0.2, 0.25) is 0 Å². The largest absolute Gasteiger partial charge is 0.693 e. The fraction of sp³-hybridized carbons (Fsp3) is 0.238. The molecule has 2 N–H and O–H groups in total. The van der Waals surface area contributed by atoms with Crippen molar-refractivity contribution in [3.05, 3.63) is 95.9 Å². The van der Waals surface area contributed by atoms with E-state index in [1.807, 2.05) is 30.3 Å². The molecule has 0 radical (unpaired) electrons. The van der Waals surface area contributed by atoms with Crippen molar-refractivity contribution in [2.24, 2.45) is 0 Å². The molecule has 4 heteroatoms. The summed E-state index contributed by atoms with van der Waals surface area (Å²) in [5.74, 6) is 2.15. The van der Waals surface area contributed by atoms with E-state index in [9.17, 15) is 0 Å². The Kier molecular flexibility index (Phi) is 13.1. The van der Waals surface area contributed by atoms with Gasteiger partial charge in [-0.15, -0.1) is 12.1 Å². The van der Waals surface area contributed by atoms with Crippen molar-refractivity contribution in [1.29, 1.82) is 0 Å². The first-order valence-electron chi connectivity index (χ1n) is 7.89. The summed E-state index contributed by atoms with van der Waals surface area (Å²) < 4.78 is 0. The molecule has 0 bridgehead atoms. The van der Waals surface area contributed by atoms with Gasteiger partial charge in [-0.05, 0) is 24.0 Å². The molecule has 25 heavy (non-hydrogen) atoms. The van der Waals surface area contributed by atoms with Crippen LogP contribution in [0.2, 0.25) is 0 Å². The van der Waals surface area contributed by atoms with Gasteiger partial charge in [0.05, 0.1) is 0 Å². The molecule has 1 nitrogen and oxygen atoms in total. The monoisotopic (exact) mass is 410 g/mol. The average molecular weight is 411 g/mol. The van der Waals surface area contributed by atoms with Crippen molar-refractivity contribution >= 4 is 24.7 Å². The second-order valence-electron chi connectivity index (χ2n) is 6.04. The number of allylic oxidation sites excluding steroid dienone is 1. The molecule has 3 rings (SSSR count). The van der Waals surface area contributed by atoms with Crippen molar-refractivity contribution in [3.63, 3.8) is 0 Å². The number of hydrogen-bond acceptors (Lipinski definition) is 0. The summed E-state index contributed by atoms with van der Waals surface area (Å²) in [5, 5.41) is 0. The fourth-order valence-corrected chi connectivity index (χ4v) is 2.71. The van der Waals surface area contributed by atoms with Crippen molar-refractivity contribution in [2.75, 3.05) is 0 Å². The zero-order valence-electron chi connectivity index (χ0n) is 15.1. The average Bonchev–Trinajstić information content (AvgIpc) is 2.85. The quantitative estimate of drug-likeness (QED) is 0.353. The molecule has 136 valence electrons. The minimum atomic E-state index is -0.556. The minimum absolute atomic E-state index is 0. The number of fused-ring (bicyclic) bond motifs is 1. The zero-order chi connectivity index (χ0) is 17.9. The van der Waals surface area contributed by atoms with Crippen LogP contribution < -0.4 is 0 Å². The molecule has 1 aliphatic carbocycles. The molecule has 2 aromatic rings. The van der Waals surface area contributed by atoms with E-state index in [0.29, 0.717) is 5.92 Å². The Hall–Kier alpha value is -0.696. The third-order valence-electron chi connectivity index (χ3n) is 3.76. The molecule has 0 aliphatic heterocycles. The number of nitrogens with two attached hydrogens (primary N) is 1. The van der Waals surface area contributed by atoms with Crippen LogP contribution in [0.5, 0.6) is 0 Å². The molecular weight excluding hydrogens is 385 g/mol. The Morgan fingerprint density at radius 1 is 1.00 bits per heavy atom. The van der Waals surface area contributed by atoms with Gasteiger partial charge in [-0.1, -0.05) is 42.0 Å². The summed E-state index contributed by atoms with van der Waals surface area (Å²) >= 11 is -0.556. The predicted molar refractivity (Wildman–Crippen MR) is 110 cm³/mol. The van der Waals surface area contributed by atoms with Crippen LogP contribution in [0.25, 0.3) is 12.2 Å². The molecule has 1 unspecified atom stereocenters. The van der Waals surface area contributed by atoms with Gasteiger partial charge in [-0.3, -0.25) is 0 Å². The van der Waals surface area contributed by atoms with Crippen LogP contribution in [0.1, 0.15) is 49.8 Å². The van der Waals surface area contributed by atoms with E-state index in [2.05, 4.69) is 58.0 Å². The molecule has 0 saturated carbocycles. The van der Waals surface area contributed by atoms with Gasteiger partial charge in [-0.25, -0.2) is 0 Å². The predicted octanol–water partition coefficient (Wildman–Crippen LogP) is 8.15. The van der Waals surface area contributed by atoms with Crippen molar-refractivity contribution in [2.45, 2.75) is 33.1 Å². The number of hydrogen-bond donors (Lipinski definition) is 0. The maximum Gasteiger partial charge on any atom is -0.693 e. The van der Waals surface area contributed by atoms with Crippen LogP contribution in [-0.4, -0.2) is 0 Å². The number of benzene rings is 2. The smallest absolute Gasteiger partial charge is 0.693 e. The van der Waals surface area contributed by atoms with Crippen molar-refractivity contribution in [3.8, 4) is 0 Å². The first kappa shape index (κ1) is 24.3. The molecule has 1 atom stereocenters. The molecule has 0 amide bonds. The van der Waals surface area contributed by atoms with Crippen molar-refractivity contribution in [1.82, 2.24) is 0 Å². The van der Waals surface area contributed by atoms with Crippen LogP contribution >= 0.6 is 18.6 Å². The summed E-state index contributed by atoms with van der Waals surface area (Å²) in [6, 6.07) is 18.6. The summed E-state index contributed by atoms with van der Waals surface area (Å²) in [6.07, 6.45) is 3.52. The Balaban J connectivity index is 0.000000442. The second-order valence-corrected chi connectivity index (χ2v) is 8.62. The molecule has 0 aromatic heterocycles. The molecule has 0 heterocycles. The Labute approximate surface area is 170 Å². The Morgan fingerprint density at radius 2 is 1.52 bits per heavy atom. The van der Waals surface area contributed by atoms with Gasteiger partial charge in [0.15, 0.2) is 0 Å². The molecule has 1 aliphatic rings. The van der Waals surface area contributed by atoms with E-state index in [-0.39, 0.29) is 6.15 Å². The maximum absolute atomic E-state index is 4.89. The Morgan fingerprint density at radius 3 is 2.00 bits per heavy atom. The Bertz CT molecular complexity index is 627. The normalized spacial score (nSPS) is 14.0. The van der Waals surface area contributed by atoms with E-state index in [1.165, 1.54) is 29.0 Å². The van der Waals surface area contributed by atoms with E-state index in [4.69, 9.17) is 18.6 Å². The second kappa shape index (κ2) is 13.5. The van der Waals surface area contributed by atoms with E-state index in [1.54, 1.807) is 0 Å². The molecular formula is C21H26Cl2NTi-3. The maximum atomic E-state index is 4.89. The molecule has 2 aromatic carbocycles. The molecule has 0 fully saturated rings. The zero-order valence-corrected chi connectivity index (χ0v) is 18.2. The topological polar surface area (TPSA) is 33.5 Å². The van der Waals surface area contributed by atoms with Gasteiger partial charge < -0.3 is 12.1 Å². The van der Waals surface area contributed by atoms with Gasteiger partial charge in [0, 0.05) is 0 Å². The van der Waals surface area contributed by atoms with Crippen molar-refractivity contribution < 1.29 is 17.0 Å². The molecule has 0 spiro atoms. The van der Waals surface area contributed by atoms with Crippen LogP contribution in [0, 0.1) is 12.8 Å². The van der Waals surface area contributed by atoms with Gasteiger partial charge >= 0.3 is 35.6 Å². The number of halogens is 2. The summed E-state index contributed by atoms with van der Waals surface area (Å²) in [4.78, 5) is 0. The van der Waals surface area contributed by atoms with E-state index >= 15 is 0 Å². The van der Waals surface area contributed by atoms with Gasteiger partial charge in [0.1, 0.15) is 0 Å². The van der Waals surface area contributed by atoms with Gasteiger partial charge in [0.25, 0.3) is 0 Å². The van der Waals surface area contributed by atoms with Crippen LogP contribution in [0.3, 0.4) is 0 Å². The van der Waals surface area contributed by atoms with E-state index < -0.39 is 17.0 Å². The summed E-state index contributed by atoms with van der Waals surface area (Å²) in [7, 11) is 9.78. The van der Waals surface area contributed by atoms with Crippen LogP contribution in [-0.2, 0) is 17.0 Å². The molecule has 0 saturated heterocycles. The standard InChI is InChI=1S/C14H17.C7H7.2ClH.H2N.Ti/c1-10(2)8-14-11(3)9-12-6-4-5-7-13(12)14;1-7-5-3-2-4-6-7;;;;/h4-7,9,14H,8H2,1-3H3;2-6H,1H2;2*1H;1H2;/q2*-1;;;-1;+2/p-2. The summed E-state index contributed by atoms with van der Waals surface area (Å²) in [5.41, 5.74) is 5.50. The third kappa shape index (κ3) is 8.99. The minimum Gasteiger partial charge on any atom is -0.693 e. The van der Waals surface area contributed by atoms with Gasteiger partial charge in [-0.2, -0.15) is 44.9 Å².